The van der Waals surface area contributed by atoms with Crippen LogP contribution in [0.1, 0.15) is 44.0 Å². The molecule has 1 atom stereocenters. The zero-order valence-electron chi connectivity index (χ0n) is 9.75. The van der Waals surface area contributed by atoms with Gasteiger partial charge >= 0.3 is 0 Å². The molecule has 0 bridgehead atoms. The fourth-order valence-electron chi connectivity index (χ4n) is 1.58. The number of hydrogen-bond acceptors (Lipinski definition) is 2. The third-order valence-electron chi connectivity index (χ3n) is 2.41. The number of hydrogen-bond donors (Lipinski definition) is 1. The Bertz CT molecular complexity index is 277. The molecule has 1 aromatic heterocycles. The lowest BCUT2D eigenvalue weighted by Crippen LogP contribution is -2.21. The summed E-state index contributed by atoms with van der Waals surface area (Å²) in [5, 5.41) is 5.76. The lowest BCUT2D eigenvalue weighted by molar-refractivity contribution is 0.504. The van der Waals surface area contributed by atoms with Gasteiger partial charge in [-0.3, -0.25) is 0 Å². The topological polar surface area (TPSA) is 12.0 Å². The summed E-state index contributed by atoms with van der Waals surface area (Å²) in [5.74, 6) is 0. The highest BCUT2D eigenvalue weighted by Crippen LogP contribution is 2.23. The van der Waals surface area contributed by atoms with Gasteiger partial charge in [0.1, 0.15) is 0 Å². The Morgan fingerprint density at radius 3 is 2.93 bits per heavy atom. The summed E-state index contributed by atoms with van der Waals surface area (Å²) in [4.78, 5) is 1.46. The van der Waals surface area contributed by atoms with Crippen molar-refractivity contribution in [3.63, 3.8) is 0 Å². The summed E-state index contributed by atoms with van der Waals surface area (Å²) in [6.07, 6.45) is 3.52. The summed E-state index contributed by atoms with van der Waals surface area (Å²) in [5.41, 5.74) is 1.25. The van der Waals surface area contributed by atoms with E-state index in [-0.39, 0.29) is 0 Å². The molecule has 0 amide bonds. The van der Waals surface area contributed by atoms with Crippen molar-refractivity contribution >= 4 is 11.3 Å². The molecule has 0 aliphatic rings. The minimum atomic E-state index is 0.536. The largest absolute Gasteiger partial charge is 0.309 e. The average molecular weight is 223 g/mol. The first-order valence-electron chi connectivity index (χ1n) is 5.65. The second-order valence-electron chi connectivity index (χ2n) is 4.02. The van der Waals surface area contributed by atoms with Gasteiger partial charge in [0.05, 0.1) is 0 Å². The van der Waals surface area contributed by atoms with Crippen molar-refractivity contribution < 1.29 is 0 Å². The van der Waals surface area contributed by atoms with Gasteiger partial charge in [-0.15, -0.1) is 17.9 Å². The van der Waals surface area contributed by atoms with Gasteiger partial charge in [-0.1, -0.05) is 25.0 Å². The van der Waals surface area contributed by atoms with Crippen LogP contribution >= 0.6 is 11.3 Å². The maximum atomic E-state index is 3.92. The van der Waals surface area contributed by atoms with Crippen LogP contribution in [-0.4, -0.2) is 6.54 Å². The molecule has 1 aromatic rings. The van der Waals surface area contributed by atoms with Crippen LogP contribution in [0.3, 0.4) is 0 Å². The van der Waals surface area contributed by atoms with Crippen molar-refractivity contribution in [2.45, 2.75) is 39.2 Å². The lowest BCUT2D eigenvalue weighted by atomic mass is 10.1. The third-order valence-corrected chi connectivity index (χ3v) is 3.39. The predicted octanol–water partition coefficient (Wildman–Crippen LogP) is 4.15. The first-order valence-corrected chi connectivity index (χ1v) is 6.53. The van der Waals surface area contributed by atoms with Crippen LogP contribution in [0.5, 0.6) is 0 Å². The molecule has 84 valence electrons. The van der Waals surface area contributed by atoms with E-state index in [2.05, 4.69) is 43.3 Å². The first-order chi connectivity index (χ1) is 7.24. The van der Waals surface area contributed by atoms with Crippen molar-refractivity contribution in [1.29, 1.82) is 0 Å². The van der Waals surface area contributed by atoms with Crippen LogP contribution < -0.4 is 5.32 Å². The van der Waals surface area contributed by atoms with Crippen molar-refractivity contribution in [3.05, 3.63) is 34.5 Å². The van der Waals surface area contributed by atoms with E-state index in [1.807, 2.05) is 11.3 Å². The lowest BCUT2D eigenvalue weighted by Gasteiger charge is -2.16. The Kier molecular flexibility index (Phi) is 5.66. The fraction of sp³-hybridized carbons (Fsp3) is 0.538. The molecule has 0 aliphatic carbocycles. The van der Waals surface area contributed by atoms with E-state index in [1.54, 1.807) is 0 Å². The predicted molar refractivity (Wildman–Crippen MR) is 69.4 cm³/mol. The Hall–Kier alpha value is -0.600. The van der Waals surface area contributed by atoms with E-state index >= 15 is 0 Å². The Morgan fingerprint density at radius 2 is 2.40 bits per heavy atom. The normalized spacial score (nSPS) is 12.7. The van der Waals surface area contributed by atoms with Gasteiger partial charge in [0.2, 0.25) is 0 Å². The van der Waals surface area contributed by atoms with Crippen LogP contribution in [0, 0.1) is 0 Å². The standard InChI is InChI=1S/C13H21NS/c1-4-6-12(13-7-5-10-15-13)14-9-8-11(2)3/h5,7,10,12,14H,2,4,6,8-9H2,1,3H3. The molecule has 1 rings (SSSR count). The van der Waals surface area contributed by atoms with Gasteiger partial charge in [0.15, 0.2) is 0 Å². The van der Waals surface area contributed by atoms with Gasteiger partial charge in [0.25, 0.3) is 0 Å². The summed E-state index contributed by atoms with van der Waals surface area (Å²) >= 11 is 1.84. The smallest absolute Gasteiger partial charge is 0.0414 e. The molecule has 0 aliphatic heterocycles. The molecule has 0 spiro atoms. The highest BCUT2D eigenvalue weighted by atomic mass is 32.1. The van der Waals surface area contributed by atoms with Crippen molar-refractivity contribution in [1.82, 2.24) is 5.32 Å². The SMILES string of the molecule is C=C(C)CCNC(CCC)c1cccs1. The van der Waals surface area contributed by atoms with E-state index in [0.29, 0.717) is 6.04 Å². The molecule has 1 N–H and O–H groups in total. The van der Waals surface area contributed by atoms with Crippen LogP contribution in [0.15, 0.2) is 29.7 Å². The second kappa shape index (κ2) is 6.81. The zero-order valence-corrected chi connectivity index (χ0v) is 10.6. The summed E-state index contributed by atoms with van der Waals surface area (Å²) in [6.45, 7) is 9.29. The molecule has 1 unspecified atom stereocenters. The second-order valence-corrected chi connectivity index (χ2v) is 5.00. The average Bonchev–Trinajstić information content (AvgIpc) is 2.68. The molecule has 1 nitrogen and oxygen atoms in total. The molecule has 0 fully saturated rings. The van der Waals surface area contributed by atoms with Crippen molar-refractivity contribution in [3.8, 4) is 0 Å². The summed E-state index contributed by atoms with van der Waals surface area (Å²) < 4.78 is 0. The monoisotopic (exact) mass is 223 g/mol. The summed E-state index contributed by atoms with van der Waals surface area (Å²) in [6, 6.07) is 4.89. The van der Waals surface area contributed by atoms with Gasteiger partial charge in [-0.25, -0.2) is 0 Å². The minimum absolute atomic E-state index is 0.536. The molecular weight excluding hydrogens is 202 g/mol. The summed E-state index contributed by atoms with van der Waals surface area (Å²) in [7, 11) is 0. The van der Waals surface area contributed by atoms with Crippen LogP contribution in [0.4, 0.5) is 0 Å². The molecule has 0 saturated heterocycles. The van der Waals surface area contributed by atoms with Gasteiger partial charge in [-0.2, -0.15) is 0 Å². The highest BCUT2D eigenvalue weighted by molar-refractivity contribution is 7.10. The maximum Gasteiger partial charge on any atom is 0.0414 e. The quantitative estimate of drug-likeness (QED) is 0.685. The van der Waals surface area contributed by atoms with E-state index in [1.165, 1.54) is 23.3 Å². The van der Waals surface area contributed by atoms with E-state index in [4.69, 9.17) is 0 Å². The minimum Gasteiger partial charge on any atom is -0.309 e. The van der Waals surface area contributed by atoms with Gasteiger partial charge in [-0.05, 0) is 37.8 Å². The molecule has 15 heavy (non-hydrogen) atoms. The zero-order chi connectivity index (χ0) is 11.1. The van der Waals surface area contributed by atoms with Crippen LogP contribution in [-0.2, 0) is 0 Å². The third kappa shape index (κ3) is 4.63. The molecular formula is C13H21NS. The first kappa shape index (κ1) is 12.5. The van der Waals surface area contributed by atoms with Crippen LogP contribution in [0.25, 0.3) is 0 Å². The highest BCUT2D eigenvalue weighted by Gasteiger charge is 2.09. The van der Waals surface area contributed by atoms with Gasteiger partial charge in [0, 0.05) is 10.9 Å². The Balaban J connectivity index is 2.41. The molecule has 0 radical (unpaired) electrons. The Morgan fingerprint density at radius 1 is 1.60 bits per heavy atom. The molecule has 0 saturated carbocycles. The number of rotatable bonds is 7. The van der Waals surface area contributed by atoms with Crippen molar-refractivity contribution in [2.75, 3.05) is 6.54 Å². The number of nitrogens with one attached hydrogen (secondary N) is 1. The molecule has 1 heterocycles. The Labute approximate surface area is 97.2 Å². The van der Waals surface area contributed by atoms with E-state index < -0.39 is 0 Å². The molecule has 0 aromatic carbocycles. The number of thiophene rings is 1. The maximum absolute atomic E-state index is 3.92. The van der Waals surface area contributed by atoms with E-state index in [0.717, 1.165) is 13.0 Å². The van der Waals surface area contributed by atoms with E-state index in [9.17, 15) is 0 Å². The molecule has 2 heteroatoms. The van der Waals surface area contributed by atoms with Crippen LogP contribution in [0.2, 0.25) is 0 Å². The fourth-order valence-corrected chi connectivity index (χ4v) is 2.42. The van der Waals surface area contributed by atoms with Crippen molar-refractivity contribution in [2.24, 2.45) is 0 Å². The van der Waals surface area contributed by atoms with Gasteiger partial charge < -0.3 is 5.32 Å².